The van der Waals surface area contributed by atoms with Crippen LogP contribution in [-0.4, -0.2) is 14.5 Å². The molecule has 316 valence electrons. The van der Waals surface area contributed by atoms with E-state index in [1.54, 1.807) is 24.3 Å². The van der Waals surface area contributed by atoms with Crippen molar-refractivity contribution in [3.63, 3.8) is 0 Å². The molecule has 0 fully saturated rings. The van der Waals surface area contributed by atoms with E-state index in [0.717, 1.165) is 94.9 Å². The highest BCUT2D eigenvalue weighted by Gasteiger charge is 2.19. The summed E-state index contributed by atoms with van der Waals surface area (Å²) in [6.07, 6.45) is 0. The molecule has 7 heteroatoms. The second-order valence-electron chi connectivity index (χ2n) is 16.4. The van der Waals surface area contributed by atoms with Gasteiger partial charge in [-0.3, -0.25) is 0 Å². The molecule has 2 heterocycles. The Bertz CT molecular complexity index is 3670. The van der Waals surface area contributed by atoms with E-state index in [-0.39, 0.29) is 0 Å². The van der Waals surface area contributed by atoms with Gasteiger partial charge in [-0.15, -0.1) is 0 Å². The largest absolute Gasteiger partial charge is 0.319 e. The second-order valence-corrected chi connectivity index (χ2v) is 16.4. The van der Waals surface area contributed by atoms with E-state index >= 15 is 0 Å². The summed E-state index contributed by atoms with van der Waals surface area (Å²) in [5.41, 5.74) is 16.0. The molecule has 0 unspecified atom stereocenters. The van der Waals surface area contributed by atoms with Crippen molar-refractivity contribution in [2.24, 2.45) is 0 Å². The number of rotatable bonds is 9. The molecule has 9 aromatic carbocycles. The first-order chi connectivity index (χ1) is 33.5. The lowest BCUT2D eigenvalue weighted by Gasteiger charge is -2.25. The van der Waals surface area contributed by atoms with Gasteiger partial charge in [0.05, 0.1) is 57.9 Å². The van der Waals surface area contributed by atoms with Crippen LogP contribution in [0.4, 0.5) is 22.7 Å². The molecule has 0 aliphatic rings. The molecule has 68 heavy (non-hydrogen) atoms. The second kappa shape index (κ2) is 17.6. The fourth-order valence-corrected chi connectivity index (χ4v) is 8.91. The highest BCUT2D eigenvalue weighted by atomic mass is 15.1. The molecule has 7 nitrogen and oxygen atoms in total. The summed E-state index contributed by atoms with van der Waals surface area (Å²) >= 11 is 0. The van der Waals surface area contributed by atoms with E-state index in [1.807, 2.05) is 48.5 Å². The van der Waals surface area contributed by atoms with E-state index in [0.29, 0.717) is 22.6 Å². The van der Waals surface area contributed by atoms with Gasteiger partial charge in [-0.1, -0.05) is 121 Å². The summed E-state index contributed by atoms with van der Waals surface area (Å²) in [5.74, 6) is 0.541. The maximum atomic E-state index is 9.36. The standard InChI is InChI=1S/C61H37N7/c1-64-57-36-49(32-34-60(57)68-58-15-9-8-14-53(58)54-37-52(33-35-59(54)68)67(50-10-4-2-5-11-50)51-12-6-3-7-13-51)45-26-24-43(25-27-45)44-28-30-47(31-29-44)56-38-55(46-20-16-41(39-62)17-21-46)65-61(66-56)48-22-18-42(40-63)19-23-48/h2-38H. The molecule has 11 aromatic rings. The molecule has 11 rings (SSSR count). The topological polar surface area (TPSA) is 85.9 Å². The van der Waals surface area contributed by atoms with Gasteiger partial charge in [0, 0.05) is 44.5 Å². The van der Waals surface area contributed by atoms with E-state index in [1.165, 1.54) is 0 Å². The number of nitriles is 2. The quantitative estimate of drug-likeness (QED) is 0.135. The lowest BCUT2D eigenvalue weighted by Crippen LogP contribution is -2.09. The molecule has 0 saturated carbocycles. The molecule has 0 aliphatic carbocycles. The van der Waals surface area contributed by atoms with Gasteiger partial charge in [0.2, 0.25) is 5.69 Å². The summed E-state index contributed by atoms with van der Waals surface area (Å²) in [6.45, 7) is 8.39. The van der Waals surface area contributed by atoms with Crippen molar-refractivity contribution in [2.75, 3.05) is 4.90 Å². The van der Waals surface area contributed by atoms with Gasteiger partial charge < -0.3 is 9.47 Å². The van der Waals surface area contributed by atoms with Crippen molar-refractivity contribution in [2.45, 2.75) is 0 Å². The number of anilines is 3. The minimum Gasteiger partial charge on any atom is -0.319 e. The molecule has 0 bridgehead atoms. The zero-order valence-electron chi connectivity index (χ0n) is 36.5. The zero-order valence-corrected chi connectivity index (χ0v) is 36.5. The smallest absolute Gasteiger partial charge is 0.211 e. The summed E-state index contributed by atoms with van der Waals surface area (Å²) in [4.78, 5) is 16.2. The summed E-state index contributed by atoms with van der Waals surface area (Å²) in [5, 5.41) is 20.9. The molecule has 0 spiro atoms. The van der Waals surface area contributed by atoms with Crippen molar-refractivity contribution in [3.05, 3.63) is 247 Å². The van der Waals surface area contributed by atoms with Gasteiger partial charge in [-0.05, 0) is 125 Å². The molecular formula is C61H37N7. The predicted octanol–water partition coefficient (Wildman–Crippen LogP) is 15.7. The average molecular weight is 868 g/mol. The van der Waals surface area contributed by atoms with E-state index in [2.05, 4.69) is 178 Å². The van der Waals surface area contributed by atoms with Crippen molar-refractivity contribution in [1.29, 1.82) is 10.5 Å². The van der Waals surface area contributed by atoms with E-state index in [4.69, 9.17) is 16.5 Å². The van der Waals surface area contributed by atoms with Gasteiger partial charge in [0.1, 0.15) is 0 Å². The molecule has 0 saturated heterocycles. The number of fused-ring (bicyclic) bond motifs is 3. The highest BCUT2D eigenvalue weighted by molar-refractivity contribution is 6.11. The maximum Gasteiger partial charge on any atom is 0.211 e. The number of hydrogen-bond donors (Lipinski definition) is 0. The first-order valence-corrected chi connectivity index (χ1v) is 22.1. The first kappa shape index (κ1) is 40.9. The summed E-state index contributed by atoms with van der Waals surface area (Å²) < 4.78 is 2.22. The third-order valence-corrected chi connectivity index (χ3v) is 12.3. The van der Waals surface area contributed by atoms with Crippen LogP contribution in [0.1, 0.15) is 11.1 Å². The molecule has 0 amide bonds. The number of aromatic nitrogens is 3. The average Bonchev–Trinajstić information content (AvgIpc) is 3.75. The lowest BCUT2D eigenvalue weighted by molar-refractivity contribution is 1.18. The van der Waals surface area contributed by atoms with Gasteiger partial charge in [-0.25, -0.2) is 14.8 Å². The number of para-hydroxylation sites is 3. The Morgan fingerprint density at radius 2 is 0.882 bits per heavy atom. The fraction of sp³-hybridized carbons (Fsp3) is 0. The molecular weight excluding hydrogens is 831 g/mol. The monoisotopic (exact) mass is 867 g/mol. The van der Waals surface area contributed by atoms with Gasteiger partial charge in [0.25, 0.3) is 0 Å². The molecule has 0 radical (unpaired) electrons. The molecule has 0 aliphatic heterocycles. The van der Waals surface area contributed by atoms with Crippen LogP contribution in [0.15, 0.2) is 224 Å². The van der Waals surface area contributed by atoms with Gasteiger partial charge >= 0.3 is 0 Å². The fourth-order valence-electron chi connectivity index (χ4n) is 8.91. The van der Waals surface area contributed by atoms with Crippen LogP contribution in [0.25, 0.3) is 88.5 Å². The Morgan fingerprint density at radius 1 is 0.412 bits per heavy atom. The highest BCUT2D eigenvalue weighted by Crippen LogP contribution is 2.42. The Kier molecular flexibility index (Phi) is 10.6. The molecule has 0 atom stereocenters. The Hall–Kier alpha value is -9.87. The third-order valence-electron chi connectivity index (χ3n) is 12.3. The SMILES string of the molecule is [C-]#[N+]c1cc(-c2ccc(-c3ccc(-c4cc(-c5ccc(C#N)cc5)nc(-c5ccc(C#N)cc5)n4)cc3)cc2)ccc1-n1c2ccccc2c2cc(N(c3ccccc3)c3ccccc3)ccc21. The third kappa shape index (κ3) is 7.67. The minimum absolute atomic E-state index is 0.541. The normalized spacial score (nSPS) is 10.9. The Labute approximate surface area is 393 Å². The van der Waals surface area contributed by atoms with Crippen LogP contribution in [-0.2, 0) is 0 Å². The first-order valence-electron chi connectivity index (χ1n) is 22.1. The maximum absolute atomic E-state index is 9.36. The summed E-state index contributed by atoms with van der Waals surface area (Å²) in [7, 11) is 0. The Balaban J connectivity index is 0.895. The van der Waals surface area contributed by atoms with Crippen LogP contribution < -0.4 is 4.90 Å². The number of hydrogen-bond acceptors (Lipinski definition) is 5. The lowest BCUT2D eigenvalue weighted by atomic mass is 9.98. The van der Waals surface area contributed by atoms with Crippen molar-refractivity contribution in [3.8, 4) is 74.0 Å². The van der Waals surface area contributed by atoms with Crippen LogP contribution in [0.5, 0.6) is 0 Å². The van der Waals surface area contributed by atoms with Gasteiger partial charge in [0.15, 0.2) is 5.82 Å². The van der Waals surface area contributed by atoms with Gasteiger partial charge in [-0.2, -0.15) is 10.5 Å². The summed E-state index contributed by atoms with van der Waals surface area (Å²) in [6, 6.07) is 79.7. The molecule has 2 aromatic heterocycles. The van der Waals surface area contributed by atoms with Crippen LogP contribution in [0, 0.1) is 29.2 Å². The van der Waals surface area contributed by atoms with Crippen LogP contribution >= 0.6 is 0 Å². The van der Waals surface area contributed by atoms with E-state index in [9.17, 15) is 10.5 Å². The Morgan fingerprint density at radius 3 is 1.44 bits per heavy atom. The van der Waals surface area contributed by atoms with Crippen molar-refractivity contribution < 1.29 is 0 Å². The molecule has 0 N–H and O–H groups in total. The van der Waals surface area contributed by atoms with Crippen molar-refractivity contribution in [1.82, 2.24) is 14.5 Å². The van der Waals surface area contributed by atoms with Crippen molar-refractivity contribution >= 4 is 44.6 Å². The minimum atomic E-state index is 0.541. The van der Waals surface area contributed by atoms with Crippen LogP contribution in [0.3, 0.4) is 0 Å². The van der Waals surface area contributed by atoms with E-state index < -0.39 is 0 Å². The zero-order chi connectivity index (χ0) is 46.0. The predicted molar refractivity (Wildman–Crippen MR) is 274 cm³/mol. The number of nitrogens with zero attached hydrogens (tertiary/aromatic N) is 7. The number of benzene rings is 9. The van der Waals surface area contributed by atoms with Crippen LogP contribution in [0.2, 0.25) is 0 Å².